The minimum Gasteiger partial charge on any atom is -0.493 e. The van der Waals surface area contributed by atoms with Crippen molar-refractivity contribution in [3.05, 3.63) is 114 Å². The Morgan fingerprint density at radius 3 is 1.83 bits per heavy atom. The lowest BCUT2D eigenvalue weighted by molar-refractivity contribution is -0.122. The lowest BCUT2D eigenvalue weighted by Gasteiger charge is -2.17. The van der Waals surface area contributed by atoms with Crippen molar-refractivity contribution >= 4 is 57.8 Å². The van der Waals surface area contributed by atoms with Crippen LogP contribution in [-0.4, -0.2) is 71.5 Å². The van der Waals surface area contributed by atoms with Crippen LogP contribution in [0.25, 0.3) is 12.2 Å². The van der Waals surface area contributed by atoms with Crippen LogP contribution >= 0.6 is 23.5 Å². The van der Waals surface area contributed by atoms with Crippen molar-refractivity contribution in [2.24, 2.45) is 9.98 Å². The number of benzene rings is 2. The van der Waals surface area contributed by atoms with E-state index in [-0.39, 0.29) is 18.6 Å². The molecule has 0 aromatic heterocycles. The molecule has 2 amide bonds. The van der Waals surface area contributed by atoms with E-state index in [1.54, 1.807) is 34.1 Å². The van der Waals surface area contributed by atoms with Gasteiger partial charge < -0.3 is 14.2 Å². The van der Waals surface area contributed by atoms with Gasteiger partial charge in [0.1, 0.15) is 5.75 Å². The fourth-order valence-corrected chi connectivity index (χ4v) is 6.88. The standard InChI is InChI=1S/C19H20N2O2S.C17H16N2O3S/c1-3-9-20-19-21(10-4-2)18(22)17(24-19)13-14-7-8-16-15(12-14)6-5-11-23-16;1-3-7-18-17-19(8-4-2)16(20)15(23-17)10-12-5-6-13-14(9-12)22-11-21-13/h3-4,7-8,12-13H,1-2,5-6,9-11H2;3-6,9-10H,1-2,7-8,11H2/b17-13-,20-19?;15-10-,18-17?. The van der Waals surface area contributed by atoms with Crippen molar-refractivity contribution in [2.45, 2.75) is 12.8 Å². The van der Waals surface area contributed by atoms with E-state index in [0.717, 1.165) is 42.1 Å². The Balaban J connectivity index is 0.000000185. The van der Waals surface area contributed by atoms with Gasteiger partial charge in [0.25, 0.3) is 11.8 Å². The molecule has 2 saturated heterocycles. The molecule has 4 aliphatic rings. The fraction of sp³-hybridized carbons (Fsp3) is 0.222. The highest BCUT2D eigenvalue weighted by Crippen LogP contribution is 2.37. The summed E-state index contributed by atoms with van der Waals surface area (Å²) in [6.07, 6.45) is 12.6. The third kappa shape index (κ3) is 8.16. The normalized spacial score (nSPS) is 19.9. The second-order valence-electron chi connectivity index (χ2n) is 10.4. The highest BCUT2D eigenvalue weighted by Gasteiger charge is 2.33. The average Bonchev–Trinajstić information content (AvgIpc) is 3.76. The molecule has 2 aromatic rings. The largest absolute Gasteiger partial charge is 0.493 e. The Hall–Kier alpha value is -4.74. The number of aliphatic imine (C=N–C) groups is 2. The zero-order chi connectivity index (χ0) is 33.2. The summed E-state index contributed by atoms with van der Waals surface area (Å²) in [6, 6.07) is 11.7. The van der Waals surface area contributed by atoms with Gasteiger partial charge in [-0.3, -0.25) is 29.4 Å². The number of rotatable bonds is 10. The number of carbonyl (C=O) groups excluding carboxylic acids is 2. The van der Waals surface area contributed by atoms with Crippen molar-refractivity contribution in [1.29, 1.82) is 0 Å². The first kappa shape index (κ1) is 33.6. The van der Waals surface area contributed by atoms with Crippen LogP contribution in [0.4, 0.5) is 0 Å². The number of amidine groups is 2. The first-order valence-corrected chi connectivity index (χ1v) is 16.7. The molecule has 2 aromatic carbocycles. The SMILES string of the molecule is C=CCN=C1S/C(=C\c2ccc3c(c2)CCCO3)C(=O)N1CC=C.C=CCN=C1S/C(=C\c2ccc3c(c2)OCO3)C(=O)N1CC=C. The van der Waals surface area contributed by atoms with Gasteiger partial charge in [-0.05, 0) is 89.5 Å². The second kappa shape index (κ2) is 16.2. The summed E-state index contributed by atoms with van der Waals surface area (Å²) < 4.78 is 16.3. The maximum Gasteiger partial charge on any atom is 0.267 e. The zero-order valence-electron chi connectivity index (χ0n) is 26.1. The van der Waals surface area contributed by atoms with Gasteiger partial charge in [0.2, 0.25) is 6.79 Å². The quantitative estimate of drug-likeness (QED) is 0.205. The highest BCUT2D eigenvalue weighted by molar-refractivity contribution is 8.19. The molecular formula is C36H36N4O5S2. The lowest BCUT2D eigenvalue weighted by atomic mass is 10.0. The molecule has 6 rings (SSSR count). The molecule has 0 spiro atoms. The third-order valence-corrected chi connectivity index (χ3v) is 9.12. The van der Waals surface area contributed by atoms with Gasteiger partial charge in [-0.25, -0.2) is 0 Å². The number of ether oxygens (including phenoxy) is 3. The second-order valence-corrected chi connectivity index (χ2v) is 12.4. The van der Waals surface area contributed by atoms with Crippen molar-refractivity contribution in [3.8, 4) is 17.2 Å². The predicted octanol–water partition coefficient (Wildman–Crippen LogP) is 6.72. The van der Waals surface area contributed by atoms with Crippen molar-refractivity contribution in [1.82, 2.24) is 9.80 Å². The van der Waals surface area contributed by atoms with Crippen LogP contribution in [0.3, 0.4) is 0 Å². The van der Waals surface area contributed by atoms with E-state index >= 15 is 0 Å². The minimum absolute atomic E-state index is 0.0308. The van der Waals surface area contributed by atoms with Crippen LogP contribution in [0.5, 0.6) is 17.2 Å². The molecule has 0 saturated carbocycles. The topological polar surface area (TPSA) is 93.0 Å². The Morgan fingerprint density at radius 1 is 0.702 bits per heavy atom. The molecule has 0 aliphatic carbocycles. The van der Waals surface area contributed by atoms with Crippen molar-refractivity contribution in [3.63, 3.8) is 0 Å². The van der Waals surface area contributed by atoms with Gasteiger partial charge in [0, 0.05) is 13.1 Å². The van der Waals surface area contributed by atoms with E-state index in [2.05, 4.69) is 42.4 Å². The Morgan fingerprint density at radius 2 is 1.26 bits per heavy atom. The van der Waals surface area contributed by atoms with E-state index in [4.69, 9.17) is 14.2 Å². The number of nitrogens with zero attached hydrogens (tertiary/aromatic N) is 4. The number of hydrogen-bond donors (Lipinski definition) is 0. The molecule has 0 bridgehead atoms. The van der Waals surface area contributed by atoms with Crippen LogP contribution in [0.1, 0.15) is 23.1 Å². The van der Waals surface area contributed by atoms with E-state index in [1.807, 2.05) is 42.5 Å². The first-order chi connectivity index (χ1) is 22.9. The van der Waals surface area contributed by atoms with E-state index in [0.29, 0.717) is 52.1 Å². The molecular weight excluding hydrogens is 633 g/mol. The number of thioether (sulfide) groups is 2. The number of fused-ring (bicyclic) bond motifs is 2. The Labute approximate surface area is 283 Å². The fourth-order valence-electron chi connectivity index (χ4n) is 4.89. The van der Waals surface area contributed by atoms with E-state index in [1.165, 1.54) is 29.1 Å². The van der Waals surface area contributed by atoms with Crippen molar-refractivity contribution in [2.75, 3.05) is 39.6 Å². The molecule has 2 fully saturated rings. The maximum absolute atomic E-state index is 12.6. The predicted molar refractivity (Wildman–Crippen MR) is 193 cm³/mol. The maximum atomic E-state index is 12.6. The summed E-state index contributed by atoms with van der Waals surface area (Å²) in [4.78, 5) is 38.5. The van der Waals surface area contributed by atoms with Crippen molar-refractivity contribution < 1.29 is 23.8 Å². The summed E-state index contributed by atoms with van der Waals surface area (Å²) >= 11 is 2.75. The van der Waals surface area contributed by atoms with Gasteiger partial charge >= 0.3 is 0 Å². The van der Waals surface area contributed by atoms with Crippen LogP contribution in [0.2, 0.25) is 0 Å². The van der Waals surface area contributed by atoms with Gasteiger partial charge in [0.05, 0.1) is 29.5 Å². The van der Waals surface area contributed by atoms with Gasteiger partial charge in [-0.1, -0.05) is 36.4 Å². The monoisotopic (exact) mass is 668 g/mol. The third-order valence-electron chi connectivity index (χ3n) is 7.04. The molecule has 9 nitrogen and oxygen atoms in total. The molecule has 0 radical (unpaired) electrons. The van der Waals surface area contributed by atoms with Crippen LogP contribution in [0.15, 0.2) is 107 Å². The number of hydrogen-bond acceptors (Lipinski definition) is 9. The summed E-state index contributed by atoms with van der Waals surface area (Å²) in [5.74, 6) is 2.26. The first-order valence-electron chi connectivity index (χ1n) is 15.1. The van der Waals surface area contributed by atoms with Gasteiger partial charge in [0.15, 0.2) is 21.8 Å². The molecule has 47 heavy (non-hydrogen) atoms. The summed E-state index contributed by atoms with van der Waals surface area (Å²) in [5, 5.41) is 1.37. The number of carbonyl (C=O) groups is 2. The van der Waals surface area contributed by atoms with Crippen LogP contribution in [0, 0.1) is 0 Å². The lowest BCUT2D eigenvalue weighted by Crippen LogP contribution is -2.29. The Kier molecular flexibility index (Phi) is 11.6. The highest BCUT2D eigenvalue weighted by atomic mass is 32.2. The molecule has 4 heterocycles. The zero-order valence-corrected chi connectivity index (χ0v) is 27.7. The molecule has 0 unspecified atom stereocenters. The van der Waals surface area contributed by atoms with Crippen LogP contribution in [-0.2, 0) is 16.0 Å². The summed E-state index contributed by atoms with van der Waals surface area (Å²) in [6.45, 7) is 17.6. The molecule has 242 valence electrons. The summed E-state index contributed by atoms with van der Waals surface area (Å²) in [7, 11) is 0. The van der Waals surface area contributed by atoms with Gasteiger partial charge in [-0.15, -0.1) is 26.3 Å². The number of amides is 2. The number of aryl methyl sites for hydroxylation is 1. The Bertz CT molecular complexity index is 1710. The molecule has 4 aliphatic heterocycles. The smallest absolute Gasteiger partial charge is 0.267 e. The van der Waals surface area contributed by atoms with Crippen LogP contribution < -0.4 is 14.2 Å². The molecule has 11 heteroatoms. The minimum atomic E-state index is -0.0737. The van der Waals surface area contributed by atoms with E-state index < -0.39 is 0 Å². The molecule has 0 N–H and O–H groups in total. The van der Waals surface area contributed by atoms with E-state index in [9.17, 15) is 9.59 Å². The van der Waals surface area contributed by atoms with Gasteiger partial charge in [-0.2, -0.15) is 0 Å². The average molecular weight is 669 g/mol. The summed E-state index contributed by atoms with van der Waals surface area (Å²) in [5.41, 5.74) is 3.10. The molecule has 0 atom stereocenters.